The molecule has 2 heterocycles. The fourth-order valence-corrected chi connectivity index (χ4v) is 4.26. The van der Waals surface area contributed by atoms with Crippen LogP contribution >= 0.6 is 0 Å². The number of non-ortho nitro benzene ring substituents is 1. The number of hydrogen-bond acceptors (Lipinski definition) is 7. The van der Waals surface area contributed by atoms with E-state index in [0.29, 0.717) is 30.1 Å². The van der Waals surface area contributed by atoms with Crippen molar-refractivity contribution < 1.29 is 29.1 Å². The van der Waals surface area contributed by atoms with E-state index in [-0.39, 0.29) is 29.7 Å². The van der Waals surface area contributed by atoms with Gasteiger partial charge in [0.25, 0.3) is 17.4 Å². The van der Waals surface area contributed by atoms with E-state index in [1.165, 1.54) is 23.1 Å². The average Bonchev–Trinajstić information content (AvgIpc) is 3.42. The minimum absolute atomic E-state index is 0.109. The highest BCUT2D eigenvalue weighted by molar-refractivity contribution is 6.46. The molecular formula is C24H24N2O7. The third kappa shape index (κ3) is 4.45. The van der Waals surface area contributed by atoms with Crippen molar-refractivity contribution in [2.75, 3.05) is 19.8 Å². The molecule has 2 aromatic rings. The number of ketones is 1. The Morgan fingerprint density at radius 2 is 2.00 bits per heavy atom. The van der Waals surface area contributed by atoms with Crippen molar-refractivity contribution in [3.8, 4) is 5.75 Å². The van der Waals surface area contributed by atoms with Gasteiger partial charge in [-0.15, -0.1) is 0 Å². The van der Waals surface area contributed by atoms with Crippen LogP contribution < -0.4 is 4.74 Å². The molecule has 0 aromatic heterocycles. The summed E-state index contributed by atoms with van der Waals surface area (Å²) in [6, 6.07) is 11.3. The van der Waals surface area contributed by atoms with E-state index >= 15 is 0 Å². The van der Waals surface area contributed by atoms with Gasteiger partial charge in [0.05, 0.1) is 29.2 Å². The highest BCUT2D eigenvalue weighted by atomic mass is 16.6. The van der Waals surface area contributed by atoms with Crippen LogP contribution in [-0.4, -0.2) is 52.5 Å². The monoisotopic (exact) mass is 452 g/mol. The maximum absolute atomic E-state index is 13.1. The normalized spacial score (nSPS) is 22.0. The number of rotatable bonds is 7. The lowest BCUT2D eigenvalue weighted by atomic mass is 9.95. The number of amides is 1. The van der Waals surface area contributed by atoms with Crippen molar-refractivity contribution in [2.45, 2.75) is 31.9 Å². The number of carbonyl (C=O) groups is 2. The van der Waals surface area contributed by atoms with E-state index in [9.17, 15) is 24.8 Å². The quantitative estimate of drug-likeness (QED) is 0.224. The fraction of sp³-hybridized carbons (Fsp3) is 0.333. The second kappa shape index (κ2) is 9.41. The van der Waals surface area contributed by atoms with Crippen LogP contribution in [0.25, 0.3) is 5.76 Å². The molecule has 2 aliphatic heterocycles. The topological polar surface area (TPSA) is 119 Å². The maximum atomic E-state index is 13.1. The minimum atomic E-state index is -0.972. The smallest absolute Gasteiger partial charge is 0.295 e. The number of nitro benzene ring substituents is 1. The Morgan fingerprint density at radius 1 is 1.24 bits per heavy atom. The minimum Gasteiger partial charge on any atom is -0.507 e. The second-order valence-electron chi connectivity index (χ2n) is 7.90. The summed E-state index contributed by atoms with van der Waals surface area (Å²) < 4.78 is 11.1. The summed E-state index contributed by atoms with van der Waals surface area (Å²) in [7, 11) is 0. The Bertz CT molecular complexity index is 1100. The molecule has 9 nitrogen and oxygen atoms in total. The molecule has 2 unspecified atom stereocenters. The molecule has 9 heteroatoms. The summed E-state index contributed by atoms with van der Waals surface area (Å²) in [5.74, 6) is -1.35. The Kier molecular flexibility index (Phi) is 6.41. The molecule has 0 spiro atoms. The molecule has 0 bridgehead atoms. The predicted molar refractivity (Wildman–Crippen MR) is 119 cm³/mol. The molecule has 172 valence electrons. The van der Waals surface area contributed by atoms with Crippen molar-refractivity contribution in [1.82, 2.24) is 4.90 Å². The molecule has 0 aliphatic carbocycles. The van der Waals surface area contributed by atoms with Gasteiger partial charge in [0.15, 0.2) is 0 Å². The van der Waals surface area contributed by atoms with Crippen molar-refractivity contribution in [2.24, 2.45) is 0 Å². The molecule has 2 aliphatic rings. The van der Waals surface area contributed by atoms with E-state index < -0.39 is 22.7 Å². The lowest BCUT2D eigenvalue weighted by molar-refractivity contribution is -0.384. The average molecular weight is 452 g/mol. The lowest BCUT2D eigenvalue weighted by Gasteiger charge is -2.27. The van der Waals surface area contributed by atoms with Crippen LogP contribution in [0, 0.1) is 10.1 Å². The Balaban J connectivity index is 1.81. The van der Waals surface area contributed by atoms with Crippen LogP contribution in [0.5, 0.6) is 5.75 Å². The third-order valence-corrected chi connectivity index (χ3v) is 5.80. The molecule has 2 aromatic carbocycles. The Labute approximate surface area is 190 Å². The first-order chi connectivity index (χ1) is 15.9. The number of nitro groups is 1. The molecule has 1 N–H and O–H groups in total. The first-order valence-electron chi connectivity index (χ1n) is 10.8. The summed E-state index contributed by atoms with van der Waals surface area (Å²) in [4.78, 5) is 38.2. The van der Waals surface area contributed by atoms with Gasteiger partial charge in [-0.05, 0) is 49.6 Å². The zero-order chi connectivity index (χ0) is 23.5. The summed E-state index contributed by atoms with van der Waals surface area (Å²) in [6.07, 6.45) is 1.35. The number of Topliss-reactive ketones (excluding diaryl/α,β-unsaturated/α-hetero) is 1. The standard InChI is InChI=1S/C24H24N2O7/c1-2-32-18-10-8-15(9-11-18)22(27)20-21(16-5-3-6-17(13-16)26(30)31)25(24(29)23(20)28)14-19-7-4-12-33-19/h3,5-6,8-11,13,19,21,27H,2,4,7,12,14H2,1H3/b22-20-. The van der Waals surface area contributed by atoms with E-state index in [1.807, 2.05) is 6.92 Å². The van der Waals surface area contributed by atoms with E-state index in [4.69, 9.17) is 9.47 Å². The molecule has 1 amide bonds. The van der Waals surface area contributed by atoms with Crippen molar-refractivity contribution in [3.63, 3.8) is 0 Å². The lowest BCUT2D eigenvalue weighted by Crippen LogP contribution is -2.36. The number of likely N-dealkylation sites (tertiary alicyclic amines) is 1. The summed E-state index contributed by atoms with van der Waals surface area (Å²) in [5.41, 5.74) is 0.428. The first kappa shape index (κ1) is 22.5. The van der Waals surface area contributed by atoms with Gasteiger partial charge < -0.3 is 19.5 Å². The van der Waals surface area contributed by atoms with Gasteiger partial charge in [0.2, 0.25) is 0 Å². The first-order valence-corrected chi connectivity index (χ1v) is 10.8. The van der Waals surface area contributed by atoms with Crippen LogP contribution in [0.3, 0.4) is 0 Å². The number of carbonyl (C=O) groups excluding carboxylic acids is 2. The van der Waals surface area contributed by atoms with Gasteiger partial charge in [-0.3, -0.25) is 19.7 Å². The molecule has 33 heavy (non-hydrogen) atoms. The SMILES string of the molecule is CCOc1ccc(/C(O)=C2/C(=O)C(=O)N(CC3CCCO3)C2c2cccc([N+](=O)[O-])c2)cc1. The Hall–Kier alpha value is -3.72. The molecule has 0 radical (unpaired) electrons. The number of benzene rings is 2. The highest BCUT2D eigenvalue weighted by Crippen LogP contribution is 2.41. The van der Waals surface area contributed by atoms with Crippen molar-refractivity contribution >= 4 is 23.1 Å². The predicted octanol–water partition coefficient (Wildman–Crippen LogP) is 3.59. The van der Waals surface area contributed by atoms with Gasteiger partial charge >= 0.3 is 0 Å². The van der Waals surface area contributed by atoms with Crippen molar-refractivity contribution in [3.05, 3.63) is 75.3 Å². The maximum Gasteiger partial charge on any atom is 0.295 e. The number of aliphatic hydroxyl groups is 1. The molecule has 2 saturated heterocycles. The Morgan fingerprint density at radius 3 is 2.64 bits per heavy atom. The van der Waals surface area contributed by atoms with Crippen LogP contribution in [0.1, 0.15) is 36.9 Å². The van der Waals surface area contributed by atoms with Crippen LogP contribution in [0.4, 0.5) is 5.69 Å². The van der Waals surface area contributed by atoms with Crippen LogP contribution in [0.2, 0.25) is 0 Å². The van der Waals surface area contributed by atoms with Crippen LogP contribution in [-0.2, 0) is 14.3 Å². The largest absolute Gasteiger partial charge is 0.507 e. The van der Waals surface area contributed by atoms with Gasteiger partial charge in [-0.1, -0.05) is 12.1 Å². The highest BCUT2D eigenvalue weighted by Gasteiger charge is 2.47. The van der Waals surface area contributed by atoms with Gasteiger partial charge in [0.1, 0.15) is 11.5 Å². The fourth-order valence-electron chi connectivity index (χ4n) is 4.26. The van der Waals surface area contributed by atoms with Gasteiger partial charge in [0, 0.05) is 30.8 Å². The number of hydrogen-bond donors (Lipinski definition) is 1. The molecule has 0 saturated carbocycles. The number of ether oxygens (including phenoxy) is 2. The summed E-state index contributed by atoms with van der Waals surface area (Å²) >= 11 is 0. The second-order valence-corrected chi connectivity index (χ2v) is 7.90. The number of nitrogens with zero attached hydrogens (tertiary/aromatic N) is 2. The van der Waals surface area contributed by atoms with Crippen molar-refractivity contribution in [1.29, 1.82) is 0 Å². The third-order valence-electron chi connectivity index (χ3n) is 5.80. The van der Waals surface area contributed by atoms with E-state index in [2.05, 4.69) is 0 Å². The van der Waals surface area contributed by atoms with E-state index in [0.717, 1.165) is 12.8 Å². The molecule has 2 atom stereocenters. The van der Waals surface area contributed by atoms with Crippen LogP contribution in [0.15, 0.2) is 54.1 Å². The zero-order valence-electron chi connectivity index (χ0n) is 18.1. The number of aliphatic hydroxyl groups excluding tert-OH is 1. The molecular weight excluding hydrogens is 428 g/mol. The molecule has 4 rings (SSSR count). The van der Waals surface area contributed by atoms with Gasteiger partial charge in [-0.25, -0.2) is 0 Å². The van der Waals surface area contributed by atoms with Gasteiger partial charge in [-0.2, -0.15) is 0 Å². The van der Waals surface area contributed by atoms with E-state index in [1.54, 1.807) is 30.3 Å². The zero-order valence-corrected chi connectivity index (χ0v) is 18.1. The summed E-state index contributed by atoms with van der Waals surface area (Å²) in [5, 5.41) is 22.4. The molecule has 2 fully saturated rings. The summed E-state index contributed by atoms with van der Waals surface area (Å²) in [6.45, 7) is 3.05.